The highest BCUT2D eigenvalue weighted by molar-refractivity contribution is 7.50. The first-order valence-corrected chi connectivity index (χ1v) is 12.1. The largest absolute Gasteiger partial charge is 0.481 e. The second kappa shape index (κ2) is 14.7. The van der Waals surface area contributed by atoms with Crippen LogP contribution in [0.15, 0.2) is 18.3 Å². The quantitative estimate of drug-likeness (QED) is 0.0810. The summed E-state index contributed by atoms with van der Waals surface area (Å²) in [4.78, 5) is 81.8. The average Bonchev–Trinajstić information content (AvgIpc) is 2.81. The SMILES string of the molecule is O=C(O)CCC(NP(=O)(O)OCC(NC(=O)CCC(NC(=O)c1ccc(F)nc1)C(=O)O)C(=O)O)C(=O)O. The molecule has 0 fully saturated rings. The average molecular weight is 566 g/mol. The summed E-state index contributed by atoms with van der Waals surface area (Å²) >= 11 is 0. The maximum Gasteiger partial charge on any atom is 0.403 e. The zero-order valence-corrected chi connectivity index (χ0v) is 20.2. The third kappa shape index (κ3) is 11.8. The van der Waals surface area contributed by atoms with E-state index in [1.807, 2.05) is 5.32 Å². The van der Waals surface area contributed by atoms with Crippen LogP contribution in [0.5, 0.6) is 0 Å². The number of hydrogen-bond acceptors (Lipinski definition) is 9. The number of nitrogens with one attached hydrogen (secondary N) is 3. The number of carboxylic acids is 4. The zero-order chi connectivity index (χ0) is 29.0. The van der Waals surface area contributed by atoms with Crippen LogP contribution in [-0.2, 0) is 33.1 Å². The van der Waals surface area contributed by atoms with Crippen LogP contribution in [0.4, 0.5) is 4.39 Å². The molecule has 0 aliphatic rings. The number of carboxylic acid groups (broad SMARTS) is 4. The number of aliphatic carboxylic acids is 4. The summed E-state index contributed by atoms with van der Waals surface area (Å²) in [6, 6.07) is -3.46. The van der Waals surface area contributed by atoms with Gasteiger partial charge in [0.25, 0.3) is 5.91 Å². The topological polar surface area (TPSA) is 279 Å². The number of nitrogens with zero attached hydrogens (tertiary/aromatic N) is 1. The third-order valence-corrected chi connectivity index (χ3v) is 5.70. The van der Waals surface area contributed by atoms with Crippen LogP contribution in [0.25, 0.3) is 0 Å². The highest BCUT2D eigenvalue weighted by atomic mass is 31.2. The van der Waals surface area contributed by atoms with E-state index < -0.39 is 99.8 Å². The Balaban J connectivity index is 2.69. The summed E-state index contributed by atoms with van der Waals surface area (Å²) in [6.45, 7) is -1.14. The Morgan fingerprint density at radius 1 is 0.895 bits per heavy atom. The van der Waals surface area contributed by atoms with Gasteiger partial charge in [-0.2, -0.15) is 4.39 Å². The van der Waals surface area contributed by atoms with E-state index in [1.54, 1.807) is 5.09 Å². The Bertz CT molecular complexity index is 1100. The molecule has 1 aromatic heterocycles. The van der Waals surface area contributed by atoms with Crippen LogP contribution >= 0.6 is 7.75 Å². The highest BCUT2D eigenvalue weighted by Gasteiger charge is 2.32. The van der Waals surface area contributed by atoms with Gasteiger partial charge < -0.3 is 36.0 Å². The van der Waals surface area contributed by atoms with Gasteiger partial charge in [-0.05, 0) is 25.0 Å². The minimum Gasteiger partial charge on any atom is -0.481 e. The Hall–Kier alpha value is -3.99. The summed E-state index contributed by atoms with van der Waals surface area (Å²) < 4.78 is 29.5. The molecular formula is C19H24FN4O13P. The summed E-state index contributed by atoms with van der Waals surface area (Å²) in [7, 11) is -4.98. The Morgan fingerprint density at radius 2 is 1.47 bits per heavy atom. The van der Waals surface area contributed by atoms with Crippen molar-refractivity contribution in [2.45, 2.75) is 43.8 Å². The predicted octanol–water partition coefficient (Wildman–Crippen LogP) is -1.22. The lowest BCUT2D eigenvalue weighted by Gasteiger charge is -2.21. The molecule has 0 saturated heterocycles. The van der Waals surface area contributed by atoms with Gasteiger partial charge in [-0.3, -0.25) is 23.7 Å². The Labute approximate surface area is 212 Å². The number of rotatable bonds is 17. The van der Waals surface area contributed by atoms with Gasteiger partial charge in [-0.1, -0.05) is 0 Å². The van der Waals surface area contributed by atoms with E-state index >= 15 is 0 Å². The zero-order valence-electron chi connectivity index (χ0n) is 19.3. The van der Waals surface area contributed by atoms with Gasteiger partial charge in [0.2, 0.25) is 11.9 Å². The van der Waals surface area contributed by atoms with Gasteiger partial charge >= 0.3 is 31.6 Å². The molecule has 0 saturated carbocycles. The number of carbonyl (C=O) groups excluding carboxylic acids is 2. The summed E-state index contributed by atoms with van der Waals surface area (Å²) in [5, 5.41) is 41.8. The fourth-order valence-corrected chi connectivity index (χ4v) is 3.71. The van der Waals surface area contributed by atoms with E-state index in [9.17, 15) is 52.8 Å². The molecule has 0 spiro atoms. The lowest BCUT2D eigenvalue weighted by molar-refractivity contribution is -0.143. The van der Waals surface area contributed by atoms with Crippen molar-refractivity contribution in [2.24, 2.45) is 0 Å². The van der Waals surface area contributed by atoms with Gasteiger partial charge in [0, 0.05) is 19.0 Å². The molecule has 210 valence electrons. The van der Waals surface area contributed by atoms with Gasteiger partial charge in [0.15, 0.2) is 6.04 Å². The van der Waals surface area contributed by atoms with E-state index in [0.29, 0.717) is 0 Å². The molecule has 0 radical (unpaired) electrons. The third-order valence-electron chi connectivity index (χ3n) is 4.57. The van der Waals surface area contributed by atoms with Gasteiger partial charge in [-0.25, -0.2) is 24.2 Å². The van der Waals surface area contributed by atoms with E-state index in [0.717, 1.165) is 18.3 Å². The molecule has 8 N–H and O–H groups in total. The standard InChI is InChI=1S/C19H24FN4O13P/c20-13-4-1-9(7-21-13)16(28)23-10(17(29)30)2-5-14(25)22-12(19(33)34)8-37-38(35,36)24-11(18(31)32)3-6-15(26)27/h1,4,7,10-12H,2-3,5-6,8H2,(H,22,25)(H,23,28)(H,26,27)(H,29,30)(H,31,32)(H,33,34)(H2,24,35,36). The van der Waals surface area contributed by atoms with Crippen molar-refractivity contribution in [1.29, 1.82) is 0 Å². The minimum atomic E-state index is -4.98. The minimum absolute atomic E-state index is 0.166. The highest BCUT2D eigenvalue weighted by Crippen LogP contribution is 2.38. The van der Waals surface area contributed by atoms with E-state index in [4.69, 9.17) is 10.2 Å². The monoisotopic (exact) mass is 566 g/mol. The van der Waals surface area contributed by atoms with E-state index in [-0.39, 0.29) is 5.56 Å². The number of aromatic nitrogens is 1. The molecule has 4 atom stereocenters. The second-order valence-corrected chi connectivity index (χ2v) is 9.06. The van der Waals surface area contributed by atoms with Crippen molar-refractivity contribution < 1.29 is 67.6 Å². The lowest BCUT2D eigenvalue weighted by atomic mass is 10.1. The molecule has 19 heteroatoms. The number of carbonyl (C=O) groups is 6. The molecule has 0 aliphatic carbocycles. The maximum absolute atomic E-state index is 12.9. The lowest BCUT2D eigenvalue weighted by Crippen LogP contribution is -2.46. The fourth-order valence-electron chi connectivity index (χ4n) is 2.65. The van der Waals surface area contributed by atoms with Crippen LogP contribution in [0, 0.1) is 5.95 Å². The molecule has 1 heterocycles. The normalized spacial score (nSPS) is 14.8. The molecule has 0 bridgehead atoms. The van der Waals surface area contributed by atoms with Crippen molar-refractivity contribution >= 4 is 43.4 Å². The Kier molecular flexibility index (Phi) is 12.4. The van der Waals surface area contributed by atoms with Gasteiger partial charge in [0.05, 0.1) is 12.2 Å². The fraction of sp³-hybridized carbons (Fsp3) is 0.421. The van der Waals surface area contributed by atoms with Crippen LogP contribution in [0.2, 0.25) is 0 Å². The van der Waals surface area contributed by atoms with Crippen molar-refractivity contribution in [3.05, 3.63) is 29.8 Å². The van der Waals surface area contributed by atoms with Crippen molar-refractivity contribution in [1.82, 2.24) is 20.7 Å². The molecular weight excluding hydrogens is 542 g/mol. The predicted molar refractivity (Wildman–Crippen MR) is 119 cm³/mol. The van der Waals surface area contributed by atoms with Crippen molar-refractivity contribution in [3.63, 3.8) is 0 Å². The van der Waals surface area contributed by atoms with Crippen molar-refractivity contribution in [2.75, 3.05) is 6.61 Å². The second-order valence-electron chi connectivity index (χ2n) is 7.50. The molecule has 0 aliphatic heterocycles. The first kappa shape index (κ1) is 32.0. The van der Waals surface area contributed by atoms with Gasteiger partial charge in [0.1, 0.15) is 12.1 Å². The molecule has 4 unspecified atom stereocenters. The smallest absolute Gasteiger partial charge is 0.403 e. The molecule has 38 heavy (non-hydrogen) atoms. The number of amides is 2. The number of hydrogen-bond donors (Lipinski definition) is 8. The van der Waals surface area contributed by atoms with Crippen LogP contribution in [-0.4, -0.2) is 90.7 Å². The van der Waals surface area contributed by atoms with Crippen LogP contribution in [0.3, 0.4) is 0 Å². The molecule has 1 aromatic rings. The van der Waals surface area contributed by atoms with Crippen LogP contribution in [0.1, 0.15) is 36.0 Å². The van der Waals surface area contributed by atoms with Crippen LogP contribution < -0.4 is 15.7 Å². The van der Waals surface area contributed by atoms with E-state index in [1.165, 1.54) is 0 Å². The van der Waals surface area contributed by atoms with E-state index in [2.05, 4.69) is 14.8 Å². The Morgan fingerprint density at radius 3 is 1.97 bits per heavy atom. The molecule has 1 rings (SSSR count). The first-order valence-electron chi connectivity index (χ1n) is 10.5. The summed E-state index contributed by atoms with van der Waals surface area (Å²) in [6.07, 6.45) is -1.56. The van der Waals surface area contributed by atoms with Gasteiger partial charge in [-0.15, -0.1) is 0 Å². The summed E-state index contributed by atoms with van der Waals surface area (Å²) in [5.74, 6) is -9.18. The van der Waals surface area contributed by atoms with Crippen molar-refractivity contribution in [3.8, 4) is 0 Å². The molecule has 2 amide bonds. The molecule has 17 nitrogen and oxygen atoms in total. The first-order chi connectivity index (χ1) is 17.6. The maximum atomic E-state index is 12.9. The molecule has 0 aromatic carbocycles. The number of pyridine rings is 1. The number of halogens is 1. The summed E-state index contributed by atoms with van der Waals surface area (Å²) in [5.41, 5.74) is -0.166.